The molecule has 1 heterocycles. The van der Waals surface area contributed by atoms with Crippen molar-refractivity contribution in [2.45, 2.75) is 13.8 Å². The molecule has 0 N–H and O–H groups in total. The Bertz CT molecular complexity index is 1580. The number of benzene rings is 4. The van der Waals surface area contributed by atoms with E-state index >= 15 is 0 Å². The number of esters is 2. The van der Waals surface area contributed by atoms with Crippen LogP contribution in [0.25, 0.3) is 33.0 Å². The van der Waals surface area contributed by atoms with Crippen LogP contribution in [-0.4, -0.2) is 59.1 Å². The fraction of sp³-hybridized carbons (Fsp3) is 0.273. The fourth-order valence-electron chi connectivity index (χ4n) is 5.25. The van der Waals surface area contributed by atoms with Gasteiger partial charge >= 0.3 is 11.9 Å². The lowest BCUT2D eigenvalue weighted by Crippen LogP contribution is -2.36. The third-order valence-electron chi connectivity index (χ3n) is 7.08. The minimum atomic E-state index is -0.491. The minimum absolute atomic E-state index is 0.212. The molecule has 1 fully saturated rings. The van der Waals surface area contributed by atoms with Crippen LogP contribution in [0.4, 0.5) is 5.69 Å². The van der Waals surface area contributed by atoms with Gasteiger partial charge in [-0.1, -0.05) is 30.3 Å². The van der Waals surface area contributed by atoms with Crippen LogP contribution in [0.5, 0.6) is 17.2 Å². The van der Waals surface area contributed by atoms with E-state index in [1.807, 2.05) is 54.6 Å². The Balaban J connectivity index is 1.90. The van der Waals surface area contributed by atoms with Crippen LogP contribution in [0.3, 0.4) is 0 Å². The highest BCUT2D eigenvalue weighted by Crippen LogP contribution is 2.46. The molecule has 1 aliphatic heterocycles. The van der Waals surface area contributed by atoms with Gasteiger partial charge < -0.3 is 28.6 Å². The third kappa shape index (κ3) is 5.69. The summed E-state index contributed by atoms with van der Waals surface area (Å²) in [6.45, 7) is 5.87. The van der Waals surface area contributed by atoms with Crippen molar-refractivity contribution in [3.63, 3.8) is 0 Å². The molecule has 0 aliphatic carbocycles. The van der Waals surface area contributed by atoms with Crippen LogP contribution in [0.2, 0.25) is 0 Å². The lowest BCUT2D eigenvalue weighted by Gasteiger charge is -2.32. The topological polar surface area (TPSA) is 83.5 Å². The number of methoxy groups -OCH3 is 2. The summed E-state index contributed by atoms with van der Waals surface area (Å²) >= 11 is 0. The van der Waals surface area contributed by atoms with Gasteiger partial charge in [-0.3, -0.25) is 4.79 Å². The molecule has 0 spiro atoms. The number of morpholine rings is 1. The van der Waals surface area contributed by atoms with Crippen LogP contribution in [0.1, 0.15) is 24.2 Å². The maximum absolute atomic E-state index is 13.3. The van der Waals surface area contributed by atoms with Gasteiger partial charge in [0.15, 0.2) is 0 Å². The molecule has 0 radical (unpaired) electrons. The predicted molar refractivity (Wildman–Crippen MR) is 158 cm³/mol. The largest absolute Gasteiger partial charge is 0.497 e. The molecular formula is C33H33NO7. The fourth-order valence-corrected chi connectivity index (χ4v) is 5.25. The van der Waals surface area contributed by atoms with Gasteiger partial charge in [0, 0.05) is 53.8 Å². The number of carbonyl (C=O) groups is 2. The summed E-state index contributed by atoms with van der Waals surface area (Å²) in [5.41, 5.74) is 4.55. The molecule has 0 saturated carbocycles. The zero-order valence-corrected chi connectivity index (χ0v) is 23.7. The van der Waals surface area contributed by atoms with Crippen molar-refractivity contribution in [2.75, 3.05) is 52.0 Å². The maximum Gasteiger partial charge on any atom is 0.338 e. The molecule has 5 rings (SSSR count). The number of ether oxygens (including phenoxy) is 5. The van der Waals surface area contributed by atoms with E-state index in [1.54, 1.807) is 27.2 Å². The normalized spacial score (nSPS) is 13.1. The number of fused-ring (bicyclic) bond motifs is 1. The number of hydrogen-bond acceptors (Lipinski definition) is 8. The summed E-state index contributed by atoms with van der Waals surface area (Å²) in [7, 11) is 3.23. The van der Waals surface area contributed by atoms with Gasteiger partial charge in [-0.25, -0.2) is 4.79 Å². The van der Waals surface area contributed by atoms with Gasteiger partial charge in [-0.05, 0) is 48.2 Å². The summed E-state index contributed by atoms with van der Waals surface area (Å²) in [4.78, 5) is 27.8. The number of carbonyl (C=O) groups excluding carboxylic acids is 2. The van der Waals surface area contributed by atoms with Crippen molar-refractivity contribution in [1.29, 1.82) is 0 Å². The Labute approximate surface area is 239 Å². The van der Waals surface area contributed by atoms with E-state index in [4.69, 9.17) is 23.7 Å². The summed E-state index contributed by atoms with van der Waals surface area (Å²) in [5.74, 6) is 0.603. The van der Waals surface area contributed by atoms with E-state index in [9.17, 15) is 9.59 Å². The highest BCUT2D eigenvalue weighted by molar-refractivity contribution is 6.13. The summed E-state index contributed by atoms with van der Waals surface area (Å²) in [6.07, 6.45) is 0. The smallest absolute Gasteiger partial charge is 0.338 e. The first-order valence-corrected chi connectivity index (χ1v) is 13.6. The standard InChI is InChI=1S/C33H33NO7/c1-5-40-33(36)28-20-31(41-21(2)35)26-18-25(24-12-11-23(37-3)17-30(24)38-4)29(34-13-15-39-16-14-34)19-27(26)32(28)22-9-7-6-8-10-22/h6-12,17-20H,5,13-16H2,1-4H3. The first-order valence-electron chi connectivity index (χ1n) is 13.6. The van der Waals surface area contributed by atoms with E-state index in [-0.39, 0.29) is 12.4 Å². The van der Waals surface area contributed by atoms with E-state index in [0.717, 1.165) is 27.8 Å². The molecule has 0 bridgehead atoms. The summed E-state index contributed by atoms with van der Waals surface area (Å²) < 4.78 is 28.1. The second-order valence-electron chi connectivity index (χ2n) is 9.56. The Morgan fingerprint density at radius 3 is 2.27 bits per heavy atom. The quantitative estimate of drug-likeness (QED) is 0.190. The molecule has 8 nitrogen and oxygen atoms in total. The van der Waals surface area contributed by atoms with Crippen molar-refractivity contribution >= 4 is 28.4 Å². The molecule has 1 saturated heterocycles. The van der Waals surface area contributed by atoms with E-state index in [2.05, 4.69) is 11.0 Å². The van der Waals surface area contributed by atoms with Gasteiger partial charge in [0.25, 0.3) is 0 Å². The number of nitrogens with zero attached hydrogens (tertiary/aromatic N) is 1. The Kier molecular flexibility index (Phi) is 8.40. The van der Waals surface area contributed by atoms with Gasteiger partial charge in [-0.2, -0.15) is 0 Å². The second-order valence-corrected chi connectivity index (χ2v) is 9.56. The van der Waals surface area contributed by atoms with Crippen molar-refractivity contribution in [2.24, 2.45) is 0 Å². The molecule has 0 unspecified atom stereocenters. The highest BCUT2D eigenvalue weighted by Gasteiger charge is 2.26. The second kappa shape index (κ2) is 12.3. The van der Waals surface area contributed by atoms with Gasteiger partial charge in [-0.15, -0.1) is 0 Å². The molecular weight excluding hydrogens is 522 g/mol. The van der Waals surface area contributed by atoms with Crippen molar-refractivity contribution < 1.29 is 33.3 Å². The van der Waals surface area contributed by atoms with Gasteiger partial charge in [0.1, 0.15) is 17.2 Å². The summed E-state index contributed by atoms with van der Waals surface area (Å²) in [5, 5.41) is 1.44. The van der Waals surface area contributed by atoms with Crippen molar-refractivity contribution in [1.82, 2.24) is 0 Å². The first kappa shape index (κ1) is 28.0. The van der Waals surface area contributed by atoms with E-state index < -0.39 is 11.9 Å². The zero-order valence-electron chi connectivity index (χ0n) is 23.7. The molecule has 4 aromatic carbocycles. The van der Waals surface area contributed by atoms with Crippen LogP contribution >= 0.6 is 0 Å². The van der Waals surface area contributed by atoms with Crippen LogP contribution in [-0.2, 0) is 14.3 Å². The molecule has 4 aromatic rings. The Morgan fingerprint density at radius 2 is 1.61 bits per heavy atom. The van der Waals surface area contributed by atoms with Crippen LogP contribution in [0, 0.1) is 0 Å². The molecule has 0 atom stereocenters. The van der Waals surface area contributed by atoms with Crippen LogP contribution < -0.4 is 19.1 Å². The molecule has 8 heteroatoms. The van der Waals surface area contributed by atoms with Crippen molar-refractivity contribution in [3.05, 3.63) is 72.3 Å². The average molecular weight is 556 g/mol. The van der Waals surface area contributed by atoms with Crippen LogP contribution in [0.15, 0.2) is 66.7 Å². The minimum Gasteiger partial charge on any atom is -0.497 e. The van der Waals surface area contributed by atoms with E-state index in [0.29, 0.717) is 54.3 Å². The van der Waals surface area contributed by atoms with E-state index in [1.165, 1.54) is 6.92 Å². The molecule has 0 aromatic heterocycles. The SMILES string of the molecule is CCOC(=O)c1cc(OC(C)=O)c2cc(-c3ccc(OC)cc3OC)c(N3CCOCC3)cc2c1-c1ccccc1. The average Bonchev–Trinajstić information content (AvgIpc) is 3.00. The molecule has 1 aliphatic rings. The lowest BCUT2D eigenvalue weighted by molar-refractivity contribution is -0.131. The Hall–Kier alpha value is -4.56. The first-order chi connectivity index (χ1) is 19.9. The van der Waals surface area contributed by atoms with Crippen molar-refractivity contribution in [3.8, 4) is 39.5 Å². The number of rotatable bonds is 8. The van der Waals surface area contributed by atoms with Gasteiger partial charge in [0.2, 0.25) is 0 Å². The van der Waals surface area contributed by atoms with Gasteiger partial charge in [0.05, 0.1) is 39.6 Å². The maximum atomic E-state index is 13.3. The summed E-state index contributed by atoms with van der Waals surface area (Å²) in [6, 6.07) is 21.1. The molecule has 0 amide bonds. The monoisotopic (exact) mass is 555 g/mol. The lowest BCUT2D eigenvalue weighted by atomic mass is 9.89. The molecule has 212 valence electrons. The predicted octanol–water partition coefficient (Wildman–Crippen LogP) is 6.13. The third-order valence-corrected chi connectivity index (χ3v) is 7.08. The number of anilines is 1. The zero-order chi connectivity index (χ0) is 28.9. The molecule has 41 heavy (non-hydrogen) atoms. The Morgan fingerprint density at radius 1 is 0.854 bits per heavy atom. The number of hydrogen-bond donors (Lipinski definition) is 0. The highest BCUT2D eigenvalue weighted by atomic mass is 16.5.